The monoisotopic (exact) mass is 406 g/mol. The lowest BCUT2D eigenvalue weighted by Crippen LogP contribution is -2.32. The number of aliphatic hydroxyl groups is 2. The molecule has 3 atom stereocenters. The predicted molar refractivity (Wildman–Crippen MR) is 105 cm³/mol. The number of ether oxygens (including phenoxy) is 4. The van der Waals surface area contributed by atoms with E-state index in [1.807, 2.05) is 0 Å². The van der Waals surface area contributed by atoms with Crippen LogP contribution >= 0.6 is 0 Å². The molecule has 8 nitrogen and oxygen atoms in total. The molecule has 0 aromatic heterocycles. The maximum absolute atomic E-state index is 12.9. The first-order valence-corrected chi connectivity index (χ1v) is 9.11. The summed E-state index contributed by atoms with van der Waals surface area (Å²) in [5, 5.41) is 20.1. The topological polar surface area (TPSA) is 112 Å². The zero-order chi connectivity index (χ0) is 21.6. The van der Waals surface area contributed by atoms with Gasteiger partial charge in [-0.2, -0.15) is 0 Å². The molecule has 2 N–H and O–H groups in total. The van der Waals surface area contributed by atoms with Gasteiger partial charge in [0, 0.05) is 18.1 Å². The van der Waals surface area contributed by atoms with E-state index in [4.69, 9.17) is 18.9 Å². The van der Waals surface area contributed by atoms with Crippen LogP contribution in [0.25, 0.3) is 6.08 Å². The molecule has 1 aromatic rings. The highest BCUT2D eigenvalue weighted by molar-refractivity contribution is 5.99. The van der Waals surface area contributed by atoms with Crippen molar-refractivity contribution in [3.8, 4) is 17.2 Å². The van der Waals surface area contributed by atoms with E-state index in [2.05, 4.69) is 0 Å². The number of fused-ring (bicyclic) bond motifs is 1. The quantitative estimate of drug-likeness (QED) is 0.733. The van der Waals surface area contributed by atoms with Gasteiger partial charge in [0.2, 0.25) is 0 Å². The molecule has 0 aliphatic carbocycles. The Balaban J connectivity index is 2.63. The van der Waals surface area contributed by atoms with Crippen LogP contribution in [0.5, 0.6) is 17.2 Å². The number of ketones is 1. The van der Waals surface area contributed by atoms with Gasteiger partial charge in [-0.15, -0.1) is 0 Å². The molecule has 1 aliphatic heterocycles. The third-order valence-electron chi connectivity index (χ3n) is 4.47. The highest BCUT2D eigenvalue weighted by Gasteiger charge is 2.27. The molecule has 1 aromatic carbocycles. The van der Waals surface area contributed by atoms with E-state index in [1.165, 1.54) is 51.7 Å². The highest BCUT2D eigenvalue weighted by Crippen LogP contribution is 2.41. The van der Waals surface area contributed by atoms with Crippen LogP contribution in [0.4, 0.5) is 0 Å². The lowest BCUT2D eigenvalue weighted by molar-refractivity contribution is -0.127. The lowest BCUT2D eigenvalue weighted by Gasteiger charge is -2.20. The molecule has 0 amide bonds. The molecule has 2 rings (SSSR count). The average Bonchev–Trinajstić information content (AvgIpc) is 2.70. The van der Waals surface area contributed by atoms with Crippen molar-refractivity contribution >= 4 is 17.8 Å². The number of hydrogen-bond acceptors (Lipinski definition) is 8. The fourth-order valence-corrected chi connectivity index (χ4v) is 2.94. The molecule has 1 heterocycles. The maximum atomic E-state index is 12.9. The Labute approximate surface area is 169 Å². The normalized spacial score (nSPS) is 25.2. The highest BCUT2D eigenvalue weighted by atomic mass is 16.5. The summed E-state index contributed by atoms with van der Waals surface area (Å²) in [6.45, 7) is 1.67. The van der Waals surface area contributed by atoms with Crippen molar-refractivity contribution in [1.29, 1.82) is 0 Å². The van der Waals surface area contributed by atoms with Gasteiger partial charge in [0.1, 0.15) is 23.5 Å². The summed E-state index contributed by atoms with van der Waals surface area (Å²) in [6, 6.07) is 1.53. The van der Waals surface area contributed by atoms with Gasteiger partial charge in [-0.1, -0.05) is 18.2 Å². The van der Waals surface area contributed by atoms with Crippen LogP contribution in [0, 0.1) is 0 Å². The Hall–Kier alpha value is -2.84. The van der Waals surface area contributed by atoms with Gasteiger partial charge in [-0.05, 0) is 19.4 Å². The summed E-state index contributed by atoms with van der Waals surface area (Å²) in [7, 11) is 4.30. The summed E-state index contributed by atoms with van der Waals surface area (Å²) in [6.07, 6.45) is 2.53. The average molecular weight is 406 g/mol. The van der Waals surface area contributed by atoms with Crippen molar-refractivity contribution in [2.45, 2.75) is 38.1 Å². The summed E-state index contributed by atoms with van der Waals surface area (Å²) >= 11 is 0. The molecule has 8 heteroatoms. The summed E-state index contributed by atoms with van der Waals surface area (Å²) in [5.41, 5.74) is 0.474. The van der Waals surface area contributed by atoms with Gasteiger partial charge in [-0.3, -0.25) is 4.79 Å². The molecule has 29 heavy (non-hydrogen) atoms. The van der Waals surface area contributed by atoms with E-state index in [0.29, 0.717) is 11.3 Å². The van der Waals surface area contributed by atoms with Gasteiger partial charge in [0.05, 0.1) is 27.4 Å². The van der Waals surface area contributed by atoms with E-state index >= 15 is 0 Å². The van der Waals surface area contributed by atoms with Gasteiger partial charge in [0.15, 0.2) is 17.3 Å². The second kappa shape index (κ2) is 10.1. The first kappa shape index (κ1) is 22.4. The van der Waals surface area contributed by atoms with Crippen molar-refractivity contribution in [1.82, 2.24) is 0 Å². The maximum Gasteiger partial charge on any atom is 0.342 e. The number of cyclic esters (lactones) is 1. The van der Waals surface area contributed by atoms with Crippen LogP contribution in [0.15, 0.2) is 24.3 Å². The Morgan fingerprint density at radius 3 is 2.24 bits per heavy atom. The van der Waals surface area contributed by atoms with Gasteiger partial charge in [-0.25, -0.2) is 4.79 Å². The zero-order valence-corrected chi connectivity index (χ0v) is 16.9. The van der Waals surface area contributed by atoms with Crippen molar-refractivity contribution in [3.05, 3.63) is 35.4 Å². The molecule has 0 spiro atoms. The second-order valence-electron chi connectivity index (χ2n) is 6.51. The Kier molecular flexibility index (Phi) is 7.81. The summed E-state index contributed by atoms with van der Waals surface area (Å²) < 4.78 is 21.6. The van der Waals surface area contributed by atoms with Crippen molar-refractivity contribution in [3.63, 3.8) is 0 Å². The van der Waals surface area contributed by atoms with Crippen LogP contribution in [0.2, 0.25) is 0 Å². The van der Waals surface area contributed by atoms with Crippen LogP contribution in [0.3, 0.4) is 0 Å². The molecule has 158 valence electrons. The number of hydrogen-bond donors (Lipinski definition) is 2. The SMILES string of the molecule is COc1cc(OC)c2c(c1OC)/C=C/C[C@H](O)[C@H](O)C(=O)/C=C/C[C@H](C)OC2=O. The van der Waals surface area contributed by atoms with E-state index in [-0.39, 0.29) is 29.9 Å². The van der Waals surface area contributed by atoms with Crippen LogP contribution in [0.1, 0.15) is 35.7 Å². The van der Waals surface area contributed by atoms with E-state index in [1.54, 1.807) is 6.92 Å². The van der Waals surface area contributed by atoms with E-state index < -0.39 is 30.1 Å². The largest absolute Gasteiger partial charge is 0.496 e. The predicted octanol–water partition coefficient (Wildman–Crippen LogP) is 1.91. The Morgan fingerprint density at radius 2 is 1.62 bits per heavy atom. The molecule has 0 fully saturated rings. The third-order valence-corrected chi connectivity index (χ3v) is 4.47. The first-order valence-electron chi connectivity index (χ1n) is 9.11. The molecule has 0 saturated carbocycles. The first-order chi connectivity index (χ1) is 13.8. The van der Waals surface area contributed by atoms with Crippen LogP contribution < -0.4 is 14.2 Å². The zero-order valence-electron chi connectivity index (χ0n) is 16.9. The minimum absolute atomic E-state index is 0.0334. The van der Waals surface area contributed by atoms with E-state index in [9.17, 15) is 19.8 Å². The fraction of sp³-hybridized carbons (Fsp3) is 0.429. The Morgan fingerprint density at radius 1 is 0.966 bits per heavy atom. The number of aliphatic hydroxyl groups excluding tert-OH is 2. The smallest absolute Gasteiger partial charge is 0.342 e. The number of rotatable bonds is 3. The summed E-state index contributed by atoms with van der Waals surface area (Å²) in [5.74, 6) is -0.399. The number of benzene rings is 1. The number of carbonyl (C=O) groups excluding carboxylic acids is 2. The molecule has 1 aliphatic rings. The fourth-order valence-electron chi connectivity index (χ4n) is 2.94. The van der Waals surface area contributed by atoms with Gasteiger partial charge < -0.3 is 29.2 Å². The lowest BCUT2D eigenvalue weighted by atomic mass is 10.0. The molecule has 0 saturated heterocycles. The van der Waals surface area contributed by atoms with Crippen molar-refractivity contribution in [2.24, 2.45) is 0 Å². The third kappa shape index (κ3) is 5.16. The van der Waals surface area contributed by atoms with E-state index in [0.717, 1.165) is 0 Å². The standard InChI is InChI=1S/C21H26O8/c1-12-7-5-9-14(22)19(24)15(23)10-6-8-13-18(21(25)29-12)16(26-2)11-17(27-3)20(13)28-4/h5-6,8-9,11-12,15,19,23-24H,7,10H2,1-4H3/b8-6+,9-5+/t12-,15-,19+/m0/s1. The van der Waals surface area contributed by atoms with Gasteiger partial charge in [0.25, 0.3) is 0 Å². The second-order valence-corrected chi connectivity index (χ2v) is 6.51. The molecular weight excluding hydrogens is 380 g/mol. The van der Waals surface area contributed by atoms with Crippen LogP contribution in [-0.2, 0) is 9.53 Å². The van der Waals surface area contributed by atoms with Crippen LogP contribution in [-0.4, -0.2) is 61.6 Å². The molecule has 0 unspecified atom stereocenters. The van der Waals surface area contributed by atoms with Crippen molar-refractivity contribution < 1.29 is 38.7 Å². The number of methoxy groups -OCH3 is 3. The minimum atomic E-state index is -1.56. The number of esters is 1. The molecule has 0 bridgehead atoms. The summed E-state index contributed by atoms with van der Waals surface area (Å²) in [4.78, 5) is 24.9. The Bertz CT molecular complexity index is 811. The molecule has 0 radical (unpaired) electrons. The van der Waals surface area contributed by atoms with Gasteiger partial charge >= 0.3 is 5.97 Å². The minimum Gasteiger partial charge on any atom is -0.496 e. The van der Waals surface area contributed by atoms with Crippen molar-refractivity contribution in [2.75, 3.05) is 21.3 Å². The molecular formula is C21H26O8. The number of carbonyl (C=O) groups is 2.